The number of carboxylic acids is 2. The van der Waals surface area contributed by atoms with Gasteiger partial charge in [0.15, 0.2) is 0 Å². The van der Waals surface area contributed by atoms with Crippen LogP contribution in [0.5, 0.6) is 0 Å². The zero-order chi connectivity index (χ0) is 14.6. The summed E-state index contributed by atoms with van der Waals surface area (Å²) in [5.74, 6) is -2.34. The highest BCUT2D eigenvalue weighted by Gasteiger charge is 2.26. The maximum atomic E-state index is 11.1. The Morgan fingerprint density at radius 3 is 2.05 bits per heavy atom. The molecule has 0 aromatic carbocycles. The van der Waals surface area contributed by atoms with Crippen LogP contribution in [0.15, 0.2) is 11.1 Å². The Hall–Kier alpha value is -1.11. The molecule has 2 atom stereocenters. The van der Waals surface area contributed by atoms with Crippen molar-refractivity contribution in [2.24, 2.45) is 0 Å². The van der Waals surface area contributed by atoms with Gasteiger partial charge in [0.2, 0.25) is 0 Å². The Bertz CT molecular complexity index is 386. The van der Waals surface area contributed by atoms with Gasteiger partial charge in [-0.25, -0.2) is 9.59 Å². The molecule has 1 aliphatic rings. The molecule has 0 radical (unpaired) electrons. The predicted molar refractivity (Wildman–Crippen MR) is 76.3 cm³/mol. The van der Waals surface area contributed by atoms with E-state index < -0.39 is 11.9 Å². The van der Waals surface area contributed by atoms with E-state index in [0.29, 0.717) is 19.8 Å². The molecule has 1 aliphatic heterocycles. The molecule has 0 spiro atoms. The van der Waals surface area contributed by atoms with E-state index in [0.717, 1.165) is 0 Å². The summed E-state index contributed by atoms with van der Waals surface area (Å²) in [6.07, 6.45) is 0.224. The lowest BCUT2D eigenvalue weighted by atomic mass is 10.0. The number of morpholine rings is 1. The predicted octanol–water partition coefficient (Wildman–Crippen LogP) is 1.39. The number of nitrogens with zero attached hydrogens (tertiary/aromatic N) is 1. The van der Waals surface area contributed by atoms with Crippen molar-refractivity contribution in [3.05, 3.63) is 11.1 Å². The highest BCUT2D eigenvalue weighted by molar-refractivity contribution is 5.98. The SMILES string of the molecule is C/C(C(=O)O)=C(/CCN1[C@@H](C)COC[C@@H]1C)C(=O)O.Cl. The molecule has 1 fully saturated rings. The normalized spacial score (nSPS) is 24.6. The van der Waals surface area contributed by atoms with Crippen molar-refractivity contribution in [3.63, 3.8) is 0 Å². The van der Waals surface area contributed by atoms with Gasteiger partial charge in [-0.1, -0.05) is 0 Å². The van der Waals surface area contributed by atoms with E-state index in [1.165, 1.54) is 6.92 Å². The number of ether oxygens (including phenoxy) is 1. The summed E-state index contributed by atoms with van der Waals surface area (Å²) in [6, 6.07) is 0.424. The van der Waals surface area contributed by atoms with Gasteiger partial charge in [0, 0.05) is 29.8 Å². The summed E-state index contributed by atoms with van der Waals surface area (Å²) < 4.78 is 5.40. The van der Waals surface area contributed by atoms with Crippen LogP contribution in [-0.2, 0) is 14.3 Å². The molecule has 1 heterocycles. The van der Waals surface area contributed by atoms with Gasteiger partial charge in [0.05, 0.1) is 13.2 Å². The Balaban J connectivity index is 0.00000361. The highest BCUT2D eigenvalue weighted by Crippen LogP contribution is 2.17. The molecule has 6 nitrogen and oxygen atoms in total. The molecule has 116 valence electrons. The lowest BCUT2D eigenvalue weighted by Gasteiger charge is -2.38. The molecule has 7 heteroatoms. The van der Waals surface area contributed by atoms with Gasteiger partial charge >= 0.3 is 11.9 Å². The quantitative estimate of drug-likeness (QED) is 0.746. The van der Waals surface area contributed by atoms with Crippen LogP contribution in [0, 0.1) is 0 Å². The van der Waals surface area contributed by atoms with Crippen molar-refractivity contribution in [1.82, 2.24) is 4.90 Å². The summed E-state index contributed by atoms with van der Waals surface area (Å²) in [5, 5.41) is 18.0. The fourth-order valence-electron chi connectivity index (χ4n) is 2.30. The minimum atomic E-state index is -1.18. The van der Waals surface area contributed by atoms with Crippen molar-refractivity contribution in [2.75, 3.05) is 19.8 Å². The van der Waals surface area contributed by atoms with E-state index in [1.54, 1.807) is 0 Å². The van der Waals surface area contributed by atoms with E-state index in [-0.39, 0.29) is 42.1 Å². The van der Waals surface area contributed by atoms with Crippen molar-refractivity contribution in [3.8, 4) is 0 Å². The van der Waals surface area contributed by atoms with E-state index in [4.69, 9.17) is 14.9 Å². The number of halogens is 1. The first-order valence-electron chi connectivity index (χ1n) is 6.34. The van der Waals surface area contributed by atoms with Crippen LogP contribution in [0.2, 0.25) is 0 Å². The van der Waals surface area contributed by atoms with Crippen molar-refractivity contribution in [2.45, 2.75) is 39.3 Å². The fraction of sp³-hybridized carbons (Fsp3) is 0.692. The number of carbonyl (C=O) groups is 2. The number of hydrogen-bond acceptors (Lipinski definition) is 4. The average molecular weight is 308 g/mol. The second kappa shape index (κ2) is 8.24. The van der Waals surface area contributed by atoms with Crippen molar-refractivity contribution in [1.29, 1.82) is 0 Å². The zero-order valence-corrected chi connectivity index (χ0v) is 12.8. The van der Waals surface area contributed by atoms with E-state index in [2.05, 4.69) is 4.90 Å². The van der Waals surface area contributed by atoms with Crippen molar-refractivity contribution < 1.29 is 24.5 Å². The third kappa shape index (κ3) is 4.77. The summed E-state index contributed by atoms with van der Waals surface area (Å²) in [4.78, 5) is 24.1. The maximum Gasteiger partial charge on any atom is 0.332 e. The van der Waals surface area contributed by atoms with Gasteiger partial charge in [0.1, 0.15) is 0 Å². The minimum Gasteiger partial charge on any atom is -0.478 e. The van der Waals surface area contributed by atoms with Gasteiger partial charge in [0.25, 0.3) is 0 Å². The minimum absolute atomic E-state index is 0. The number of carboxylic acid groups (broad SMARTS) is 2. The first-order valence-corrected chi connectivity index (χ1v) is 6.34. The molecule has 0 amide bonds. The second-order valence-corrected chi connectivity index (χ2v) is 4.94. The molecule has 0 aromatic heterocycles. The van der Waals surface area contributed by atoms with E-state index >= 15 is 0 Å². The monoisotopic (exact) mass is 307 g/mol. The number of hydrogen-bond donors (Lipinski definition) is 2. The maximum absolute atomic E-state index is 11.1. The number of rotatable bonds is 5. The molecule has 2 N–H and O–H groups in total. The van der Waals surface area contributed by atoms with E-state index in [9.17, 15) is 9.59 Å². The lowest BCUT2D eigenvalue weighted by Crippen LogP contribution is -2.49. The summed E-state index contributed by atoms with van der Waals surface area (Å²) in [5.41, 5.74) is -0.126. The van der Waals surface area contributed by atoms with Gasteiger partial charge in [-0.05, 0) is 27.2 Å². The molecule has 0 saturated carbocycles. The molecular formula is C13H22ClNO5. The third-order valence-electron chi connectivity index (χ3n) is 3.50. The van der Waals surface area contributed by atoms with Crippen LogP contribution < -0.4 is 0 Å². The summed E-state index contributed by atoms with van der Waals surface area (Å²) in [6.45, 7) is 7.13. The second-order valence-electron chi connectivity index (χ2n) is 4.94. The van der Waals surface area contributed by atoms with Gasteiger partial charge < -0.3 is 14.9 Å². The van der Waals surface area contributed by atoms with Gasteiger partial charge in [-0.15, -0.1) is 12.4 Å². The summed E-state index contributed by atoms with van der Waals surface area (Å²) >= 11 is 0. The first kappa shape index (κ1) is 18.9. The topological polar surface area (TPSA) is 87.1 Å². The third-order valence-corrected chi connectivity index (χ3v) is 3.50. The molecule has 1 saturated heterocycles. The molecule has 0 unspecified atom stereocenters. The summed E-state index contributed by atoms with van der Waals surface area (Å²) in [7, 11) is 0. The molecule has 0 bridgehead atoms. The van der Waals surface area contributed by atoms with Crippen LogP contribution in [0.4, 0.5) is 0 Å². The Morgan fingerprint density at radius 1 is 1.15 bits per heavy atom. The Morgan fingerprint density at radius 2 is 1.65 bits per heavy atom. The highest BCUT2D eigenvalue weighted by atomic mass is 35.5. The Kier molecular flexibility index (Phi) is 7.78. The van der Waals surface area contributed by atoms with Crippen molar-refractivity contribution >= 4 is 24.3 Å². The van der Waals surface area contributed by atoms with Crippen LogP contribution >= 0.6 is 12.4 Å². The molecular weight excluding hydrogens is 286 g/mol. The largest absolute Gasteiger partial charge is 0.478 e. The van der Waals surface area contributed by atoms with Crippen LogP contribution in [0.1, 0.15) is 27.2 Å². The van der Waals surface area contributed by atoms with Crippen LogP contribution in [0.25, 0.3) is 0 Å². The van der Waals surface area contributed by atoms with Gasteiger partial charge in [-0.2, -0.15) is 0 Å². The first-order chi connectivity index (χ1) is 8.84. The van der Waals surface area contributed by atoms with Crippen LogP contribution in [0.3, 0.4) is 0 Å². The average Bonchev–Trinajstić information content (AvgIpc) is 2.31. The lowest BCUT2D eigenvalue weighted by molar-refractivity contribution is -0.136. The fourth-order valence-corrected chi connectivity index (χ4v) is 2.30. The number of aliphatic carboxylic acids is 2. The van der Waals surface area contributed by atoms with Gasteiger partial charge in [-0.3, -0.25) is 4.90 Å². The molecule has 0 aliphatic carbocycles. The smallest absolute Gasteiger partial charge is 0.332 e. The zero-order valence-electron chi connectivity index (χ0n) is 12.0. The van der Waals surface area contributed by atoms with E-state index in [1.807, 2.05) is 13.8 Å². The Labute approximate surface area is 124 Å². The molecule has 20 heavy (non-hydrogen) atoms. The molecule has 0 aromatic rings. The molecule has 1 rings (SSSR count). The van der Waals surface area contributed by atoms with Crippen LogP contribution in [-0.4, -0.2) is 58.9 Å². The standard InChI is InChI=1S/C13H21NO5.ClH/c1-8-6-19-7-9(2)14(8)5-4-11(13(17)18)10(3)12(15)16;/h8-9H,4-7H2,1-3H3,(H,15,16)(H,17,18);1H/b11-10+;/t8-,9-;/m0./s1.